The number of hydrogen-bond donors (Lipinski definition) is 2. The Morgan fingerprint density at radius 2 is 2.11 bits per heavy atom. The number of nitrogens with one attached hydrogen (secondary N) is 1. The van der Waals surface area contributed by atoms with Gasteiger partial charge in [-0.1, -0.05) is 29.8 Å². The van der Waals surface area contributed by atoms with E-state index < -0.39 is 12.1 Å². The van der Waals surface area contributed by atoms with Crippen LogP contribution in [0, 0.1) is 6.92 Å². The molecule has 0 aliphatic carbocycles. The topological polar surface area (TPSA) is 58.6 Å². The maximum Gasteiger partial charge on any atom is 0.332 e. The first-order valence-electron chi connectivity index (χ1n) is 6.29. The van der Waals surface area contributed by atoms with Crippen LogP contribution in [-0.2, 0) is 16.1 Å². The Bertz CT molecular complexity index is 402. The van der Waals surface area contributed by atoms with Crippen LogP contribution in [0.15, 0.2) is 24.3 Å². The van der Waals surface area contributed by atoms with Gasteiger partial charge in [0.1, 0.15) is 0 Å². The molecule has 2 rings (SSSR count). The maximum absolute atomic E-state index is 10.7. The highest BCUT2D eigenvalue weighted by atomic mass is 16.5. The third-order valence-electron chi connectivity index (χ3n) is 3.20. The second kappa shape index (κ2) is 5.98. The van der Waals surface area contributed by atoms with E-state index in [1.807, 2.05) is 0 Å². The summed E-state index contributed by atoms with van der Waals surface area (Å²) in [4.78, 5) is 10.7. The molecule has 2 unspecified atom stereocenters. The summed E-state index contributed by atoms with van der Waals surface area (Å²) in [5.41, 5.74) is 2.48. The monoisotopic (exact) mass is 249 g/mol. The van der Waals surface area contributed by atoms with Gasteiger partial charge in [0.05, 0.1) is 6.10 Å². The molecule has 0 saturated carbocycles. The second-order valence-electron chi connectivity index (χ2n) is 4.78. The van der Waals surface area contributed by atoms with E-state index >= 15 is 0 Å². The van der Waals surface area contributed by atoms with E-state index in [1.165, 1.54) is 11.1 Å². The Hall–Kier alpha value is -1.39. The fourth-order valence-electron chi connectivity index (χ4n) is 2.12. The van der Waals surface area contributed by atoms with Gasteiger partial charge in [-0.2, -0.15) is 0 Å². The zero-order valence-electron chi connectivity index (χ0n) is 10.6. The molecule has 4 nitrogen and oxygen atoms in total. The smallest absolute Gasteiger partial charge is 0.332 e. The third kappa shape index (κ3) is 3.55. The molecule has 1 aromatic rings. The van der Waals surface area contributed by atoms with Gasteiger partial charge in [0.25, 0.3) is 0 Å². The number of hydrogen-bond acceptors (Lipinski definition) is 3. The van der Waals surface area contributed by atoms with Crippen LogP contribution in [0.3, 0.4) is 0 Å². The van der Waals surface area contributed by atoms with Gasteiger partial charge in [0.15, 0.2) is 6.10 Å². The number of rotatable bonds is 5. The summed E-state index contributed by atoms with van der Waals surface area (Å²) in [6.07, 6.45) is 0.845. The van der Waals surface area contributed by atoms with Gasteiger partial charge in [-0.25, -0.2) is 4.79 Å². The molecule has 1 fully saturated rings. The molecule has 0 bridgehead atoms. The van der Waals surface area contributed by atoms with Crippen molar-refractivity contribution < 1.29 is 14.6 Å². The Labute approximate surface area is 107 Å². The Morgan fingerprint density at radius 1 is 1.39 bits per heavy atom. The van der Waals surface area contributed by atoms with E-state index in [-0.39, 0.29) is 6.10 Å². The quantitative estimate of drug-likeness (QED) is 0.834. The number of aryl methyl sites for hydroxylation is 1. The fourth-order valence-corrected chi connectivity index (χ4v) is 2.12. The zero-order chi connectivity index (χ0) is 13.0. The number of aliphatic carboxylic acids is 1. The first-order valence-corrected chi connectivity index (χ1v) is 6.29. The number of carbonyl (C=O) groups is 1. The van der Waals surface area contributed by atoms with E-state index in [1.54, 1.807) is 0 Å². The number of benzene rings is 1. The molecule has 1 aliphatic rings. The van der Waals surface area contributed by atoms with Gasteiger partial charge in [0, 0.05) is 13.1 Å². The highest BCUT2D eigenvalue weighted by Crippen LogP contribution is 2.19. The van der Waals surface area contributed by atoms with Crippen molar-refractivity contribution in [1.82, 2.24) is 5.32 Å². The second-order valence-corrected chi connectivity index (χ2v) is 4.78. The fraction of sp³-hybridized carbons (Fsp3) is 0.500. The molecule has 4 heteroatoms. The minimum Gasteiger partial charge on any atom is -0.479 e. The van der Waals surface area contributed by atoms with Crippen LogP contribution >= 0.6 is 0 Å². The summed E-state index contributed by atoms with van der Waals surface area (Å²) < 4.78 is 5.42. The van der Waals surface area contributed by atoms with Crippen molar-refractivity contribution in [2.24, 2.45) is 0 Å². The predicted molar refractivity (Wildman–Crippen MR) is 68.4 cm³/mol. The van der Waals surface area contributed by atoms with Crippen LogP contribution < -0.4 is 5.32 Å². The van der Waals surface area contributed by atoms with Crippen LogP contribution in [0.25, 0.3) is 0 Å². The molecule has 0 spiro atoms. The Morgan fingerprint density at radius 3 is 2.72 bits per heavy atom. The van der Waals surface area contributed by atoms with Crippen molar-refractivity contribution in [2.45, 2.75) is 38.5 Å². The van der Waals surface area contributed by atoms with Crippen LogP contribution in [0.2, 0.25) is 0 Å². The molecule has 18 heavy (non-hydrogen) atoms. The molecule has 0 aromatic heterocycles. The summed E-state index contributed by atoms with van der Waals surface area (Å²) in [6.45, 7) is 3.56. The SMILES string of the molecule is Cc1ccc(CNCC2CCC(C(=O)O)O2)cc1. The van der Waals surface area contributed by atoms with E-state index in [9.17, 15) is 4.79 Å². The molecule has 98 valence electrons. The number of carboxylic acid groups (broad SMARTS) is 1. The van der Waals surface area contributed by atoms with Crippen molar-refractivity contribution in [3.63, 3.8) is 0 Å². The van der Waals surface area contributed by atoms with Crippen molar-refractivity contribution in [3.8, 4) is 0 Å². The lowest BCUT2D eigenvalue weighted by atomic mass is 10.1. The van der Waals surface area contributed by atoms with Gasteiger partial charge in [-0.05, 0) is 25.3 Å². The van der Waals surface area contributed by atoms with E-state index in [4.69, 9.17) is 9.84 Å². The van der Waals surface area contributed by atoms with E-state index in [0.717, 1.165) is 13.0 Å². The Balaban J connectivity index is 1.70. The molecule has 1 saturated heterocycles. The summed E-state index contributed by atoms with van der Waals surface area (Å²) in [5.74, 6) is -0.851. The summed E-state index contributed by atoms with van der Waals surface area (Å²) in [7, 11) is 0. The average molecular weight is 249 g/mol. The largest absolute Gasteiger partial charge is 0.479 e. The van der Waals surface area contributed by atoms with Crippen LogP contribution in [0.4, 0.5) is 0 Å². The molecule has 0 radical (unpaired) electrons. The summed E-state index contributed by atoms with van der Waals surface area (Å²) >= 11 is 0. The standard InChI is InChI=1S/C14H19NO3/c1-10-2-4-11(5-3-10)8-15-9-12-6-7-13(18-12)14(16)17/h2-5,12-13,15H,6-9H2,1H3,(H,16,17). The number of ether oxygens (including phenoxy) is 1. The van der Waals surface area contributed by atoms with Crippen molar-refractivity contribution in [2.75, 3.05) is 6.54 Å². The van der Waals surface area contributed by atoms with Gasteiger partial charge in [0.2, 0.25) is 0 Å². The molecule has 2 atom stereocenters. The van der Waals surface area contributed by atoms with Gasteiger partial charge in [-0.3, -0.25) is 0 Å². The molecule has 2 N–H and O–H groups in total. The lowest BCUT2D eigenvalue weighted by Crippen LogP contribution is -2.28. The maximum atomic E-state index is 10.7. The normalized spacial score (nSPS) is 23.2. The predicted octanol–water partition coefficient (Wildman–Crippen LogP) is 1.72. The van der Waals surface area contributed by atoms with E-state index in [0.29, 0.717) is 13.0 Å². The molecule has 1 aromatic carbocycles. The minimum absolute atomic E-state index is 0.0246. The van der Waals surface area contributed by atoms with Crippen LogP contribution in [0.5, 0.6) is 0 Å². The first-order chi connectivity index (χ1) is 8.65. The molecule has 1 heterocycles. The molecule has 1 aliphatic heterocycles. The lowest BCUT2D eigenvalue weighted by Gasteiger charge is -2.12. The molecule has 0 amide bonds. The Kier molecular flexibility index (Phi) is 4.33. The summed E-state index contributed by atoms with van der Waals surface area (Å²) in [6, 6.07) is 8.36. The number of carboxylic acids is 1. The highest BCUT2D eigenvalue weighted by Gasteiger charge is 2.29. The van der Waals surface area contributed by atoms with Gasteiger partial charge in [-0.15, -0.1) is 0 Å². The average Bonchev–Trinajstić information content (AvgIpc) is 2.81. The highest BCUT2D eigenvalue weighted by molar-refractivity contribution is 5.72. The van der Waals surface area contributed by atoms with Crippen LogP contribution in [0.1, 0.15) is 24.0 Å². The van der Waals surface area contributed by atoms with Gasteiger partial charge < -0.3 is 15.2 Å². The summed E-state index contributed by atoms with van der Waals surface area (Å²) in [5, 5.41) is 12.1. The lowest BCUT2D eigenvalue weighted by molar-refractivity contribution is -0.149. The van der Waals surface area contributed by atoms with Crippen molar-refractivity contribution in [1.29, 1.82) is 0 Å². The van der Waals surface area contributed by atoms with Crippen molar-refractivity contribution in [3.05, 3.63) is 35.4 Å². The molecular formula is C14H19NO3. The van der Waals surface area contributed by atoms with Crippen molar-refractivity contribution >= 4 is 5.97 Å². The third-order valence-corrected chi connectivity index (χ3v) is 3.20. The van der Waals surface area contributed by atoms with Crippen LogP contribution in [-0.4, -0.2) is 29.8 Å². The molecular weight excluding hydrogens is 230 g/mol. The van der Waals surface area contributed by atoms with Gasteiger partial charge >= 0.3 is 5.97 Å². The van der Waals surface area contributed by atoms with E-state index in [2.05, 4.69) is 36.5 Å². The first kappa shape index (κ1) is 13.1. The zero-order valence-corrected chi connectivity index (χ0v) is 10.6. The minimum atomic E-state index is -0.851.